The smallest absolute Gasteiger partial charge is 0.126 e. The third kappa shape index (κ3) is 8.54. The number of rotatable bonds is 14. The van der Waals surface area contributed by atoms with E-state index in [9.17, 15) is 5.11 Å². The molecule has 0 saturated heterocycles. The first-order valence-electron chi connectivity index (χ1n) is 13.0. The van der Waals surface area contributed by atoms with E-state index >= 15 is 0 Å². The molecular weight excluding hydrogens is 434 g/mol. The van der Waals surface area contributed by atoms with Gasteiger partial charge in [-0.05, 0) is 55.5 Å². The molecule has 0 aliphatic heterocycles. The molecule has 1 aromatic carbocycles. The van der Waals surface area contributed by atoms with Gasteiger partial charge in [-0.15, -0.1) is 0 Å². The van der Waals surface area contributed by atoms with Gasteiger partial charge < -0.3 is 19.5 Å². The van der Waals surface area contributed by atoms with Crippen molar-refractivity contribution in [3.05, 3.63) is 64.9 Å². The molecule has 0 aliphatic carbocycles. The van der Waals surface area contributed by atoms with Gasteiger partial charge in [0, 0.05) is 32.6 Å². The highest BCUT2D eigenvalue weighted by Crippen LogP contribution is 2.41. The molecule has 0 saturated carbocycles. The van der Waals surface area contributed by atoms with E-state index < -0.39 is 0 Å². The Bertz CT molecular complexity index is 864. The van der Waals surface area contributed by atoms with Gasteiger partial charge in [-0.2, -0.15) is 0 Å². The van der Waals surface area contributed by atoms with Gasteiger partial charge in [0.05, 0.1) is 12.6 Å². The summed E-state index contributed by atoms with van der Waals surface area (Å²) in [4.78, 5) is 2.16. The Kier molecular flexibility index (Phi) is 12.8. The molecule has 2 unspecified atom stereocenters. The third-order valence-corrected chi connectivity index (χ3v) is 6.93. The summed E-state index contributed by atoms with van der Waals surface area (Å²) in [7, 11) is 3.78. The van der Waals surface area contributed by atoms with E-state index in [-0.39, 0.29) is 24.2 Å². The number of ether oxygens (including phenoxy) is 2. The van der Waals surface area contributed by atoms with Crippen LogP contribution in [0.3, 0.4) is 0 Å². The number of nitrogens with zero attached hydrogens (tertiary/aromatic N) is 1. The number of hydrogen-bond acceptors (Lipinski definition) is 4. The van der Waals surface area contributed by atoms with Gasteiger partial charge in [0.2, 0.25) is 0 Å². The summed E-state index contributed by atoms with van der Waals surface area (Å²) >= 11 is 0. The summed E-state index contributed by atoms with van der Waals surface area (Å²) in [6.45, 7) is 20.2. The van der Waals surface area contributed by atoms with Crippen molar-refractivity contribution in [1.29, 1.82) is 0 Å². The highest BCUT2D eigenvalue weighted by atomic mass is 16.5. The largest absolute Gasteiger partial charge is 0.488 e. The van der Waals surface area contributed by atoms with Crippen molar-refractivity contribution in [2.24, 2.45) is 5.92 Å². The van der Waals surface area contributed by atoms with Gasteiger partial charge in [-0.25, -0.2) is 0 Å². The second-order valence-corrected chi connectivity index (χ2v) is 10.8. The lowest BCUT2D eigenvalue weighted by Crippen LogP contribution is -2.45. The third-order valence-electron chi connectivity index (χ3n) is 6.93. The second kappa shape index (κ2) is 14.5. The maximum absolute atomic E-state index is 9.95. The molecular formula is C31H51NO3. The molecule has 4 heteroatoms. The maximum atomic E-state index is 9.95. The molecule has 0 radical (unpaired) electrons. The molecule has 0 fully saturated rings. The van der Waals surface area contributed by atoms with Crippen LogP contribution in [0.5, 0.6) is 5.75 Å². The van der Waals surface area contributed by atoms with E-state index in [0.29, 0.717) is 24.9 Å². The lowest BCUT2D eigenvalue weighted by molar-refractivity contribution is 0.0316. The van der Waals surface area contributed by atoms with Gasteiger partial charge in [0.25, 0.3) is 0 Å². The number of aliphatic hydroxyl groups excluding tert-OH is 1. The maximum Gasteiger partial charge on any atom is 0.126 e. The minimum atomic E-state index is -0.226. The molecule has 1 rings (SSSR count). The van der Waals surface area contributed by atoms with Gasteiger partial charge in [-0.3, -0.25) is 0 Å². The first kappa shape index (κ1) is 31.0. The van der Waals surface area contributed by atoms with Crippen LogP contribution in [0, 0.1) is 12.8 Å². The van der Waals surface area contributed by atoms with E-state index in [2.05, 4.69) is 110 Å². The summed E-state index contributed by atoms with van der Waals surface area (Å²) < 4.78 is 12.5. The summed E-state index contributed by atoms with van der Waals surface area (Å²) in [6, 6.07) is 4.45. The van der Waals surface area contributed by atoms with E-state index in [1.807, 2.05) is 6.92 Å². The normalized spacial score (nSPS) is 15.0. The number of methoxy groups -OCH3 is 1. The van der Waals surface area contributed by atoms with Crippen LogP contribution in [0.25, 0.3) is 0 Å². The van der Waals surface area contributed by atoms with E-state index in [4.69, 9.17) is 9.47 Å². The van der Waals surface area contributed by atoms with Crippen LogP contribution < -0.4 is 4.74 Å². The summed E-state index contributed by atoms with van der Waals surface area (Å²) in [5, 5.41) is 9.95. The molecule has 0 amide bonds. The molecule has 4 nitrogen and oxygen atoms in total. The van der Waals surface area contributed by atoms with Crippen molar-refractivity contribution in [3.8, 4) is 5.75 Å². The zero-order valence-corrected chi connectivity index (χ0v) is 24.2. The predicted molar refractivity (Wildman–Crippen MR) is 150 cm³/mol. The Morgan fingerprint density at radius 3 is 2.34 bits per heavy atom. The number of hydrogen-bond donors (Lipinski definition) is 1. The van der Waals surface area contributed by atoms with Gasteiger partial charge in [-0.1, -0.05) is 83.6 Å². The van der Waals surface area contributed by atoms with E-state index in [1.165, 1.54) is 16.7 Å². The van der Waals surface area contributed by atoms with Crippen molar-refractivity contribution in [2.45, 2.75) is 92.2 Å². The second-order valence-electron chi connectivity index (χ2n) is 10.8. The number of allylic oxidation sites excluding steroid dienone is 5. The predicted octanol–water partition coefficient (Wildman–Crippen LogP) is 7.16. The average molecular weight is 486 g/mol. The standard InChI is InChI=1S/C31H51NO3/c1-12-13-14-24(6)31(8,9)27-16-15-26(23(4)5)30(25(27)7)35-29(18-20-33)28(21-34-11)32(10)19-17-22(2)3/h12-17,19,22-23,28-29,33H,18,20-21H2,1-11H3/b13-12-,19-17+,24-14+. The molecule has 0 heterocycles. The molecule has 0 spiro atoms. The highest BCUT2D eigenvalue weighted by molar-refractivity contribution is 5.52. The molecule has 1 N–H and O–H groups in total. The van der Waals surface area contributed by atoms with Crippen molar-refractivity contribution >= 4 is 0 Å². The Balaban J connectivity index is 3.60. The first-order chi connectivity index (χ1) is 16.4. The zero-order valence-electron chi connectivity index (χ0n) is 24.2. The van der Waals surface area contributed by atoms with Crippen LogP contribution in [-0.2, 0) is 10.2 Å². The fourth-order valence-corrected chi connectivity index (χ4v) is 4.35. The molecule has 0 aromatic heterocycles. The molecule has 198 valence electrons. The topological polar surface area (TPSA) is 41.9 Å². The van der Waals surface area contributed by atoms with Crippen molar-refractivity contribution in [3.63, 3.8) is 0 Å². The minimum absolute atomic E-state index is 0.0328. The number of likely N-dealkylation sites (N-methyl/N-ethyl adjacent to an activating group) is 1. The van der Waals surface area contributed by atoms with Crippen LogP contribution in [-0.4, -0.2) is 49.5 Å². The van der Waals surface area contributed by atoms with Crippen LogP contribution in [0.1, 0.15) is 84.4 Å². The van der Waals surface area contributed by atoms with Gasteiger partial charge in [0.15, 0.2) is 0 Å². The first-order valence-corrected chi connectivity index (χ1v) is 13.0. The Morgan fingerprint density at radius 1 is 1.17 bits per heavy atom. The van der Waals surface area contributed by atoms with Crippen LogP contribution in [0.15, 0.2) is 48.2 Å². The van der Waals surface area contributed by atoms with Crippen LogP contribution >= 0.6 is 0 Å². The molecule has 35 heavy (non-hydrogen) atoms. The van der Waals surface area contributed by atoms with Crippen LogP contribution in [0.2, 0.25) is 0 Å². The van der Waals surface area contributed by atoms with E-state index in [0.717, 1.165) is 11.3 Å². The summed E-state index contributed by atoms with van der Waals surface area (Å²) in [6.07, 6.45) is 10.9. The molecule has 0 aliphatic rings. The van der Waals surface area contributed by atoms with Crippen molar-refractivity contribution in [2.75, 3.05) is 27.4 Å². The molecule has 0 bridgehead atoms. The molecule has 1 aromatic rings. The van der Waals surface area contributed by atoms with Crippen LogP contribution in [0.4, 0.5) is 0 Å². The monoisotopic (exact) mass is 485 g/mol. The summed E-state index contributed by atoms with van der Waals surface area (Å²) in [5.41, 5.74) is 4.76. The summed E-state index contributed by atoms with van der Waals surface area (Å²) in [5.74, 6) is 1.70. The fourth-order valence-electron chi connectivity index (χ4n) is 4.35. The highest BCUT2D eigenvalue weighted by Gasteiger charge is 2.31. The Morgan fingerprint density at radius 2 is 1.83 bits per heavy atom. The Hall–Kier alpha value is -2.04. The average Bonchev–Trinajstić information content (AvgIpc) is 2.79. The minimum Gasteiger partial charge on any atom is -0.488 e. The number of aliphatic hydroxyl groups is 1. The van der Waals surface area contributed by atoms with Crippen molar-refractivity contribution in [1.82, 2.24) is 4.90 Å². The van der Waals surface area contributed by atoms with E-state index in [1.54, 1.807) is 7.11 Å². The SMILES string of the molecule is C/C=C\C=C(/C)C(C)(C)c1ccc(C(C)C)c(OC(CCO)C(COC)N(C)/C=C/C(C)C)c1C. The molecule has 2 atom stereocenters. The zero-order chi connectivity index (χ0) is 26.8. The fraction of sp³-hybridized carbons (Fsp3) is 0.613. The van der Waals surface area contributed by atoms with Gasteiger partial charge >= 0.3 is 0 Å². The van der Waals surface area contributed by atoms with Crippen molar-refractivity contribution < 1.29 is 14.6 Å². The number of benzene rings is 1. The lowest BCUT2D eigenvalue weighted by atomic mass is 9.75. The quantitative estimate of drug-likeness (QED) is 0.284. The van der Waals surface area contributed by atoms with Gasteiger partial charge in [0.1, 0.15) is 11.9 Å². The lowest BCUT2D eigenvalue weighted by Gasteiger charge is -2.36. The Labute approximate surface area is 215 Å².